The van der Waals surface area contributed by atoms with Crippen LogP contribution in [0.2, 0.25) is 10.0 Å². The number of carboxylic acid groups (broad SMARTS) is 1. The van der Waals surface area contributed by atoms with Crippen molar-refractivity contribution < 1.29 is 61.3 Å². The number of halogens is 2. The van der Waals surface area contributed by atoms with Crippen LogP contribution in [0.4, 0.5) is 11.4 Å². The van der Waals surface area contributed by atoms with Crippen molar-refractivity contribution in [3.8, 4) is 0 Å². The van der Waals surface area contributed by atoms with Crippen LogP contribution >= 0.6 is 23.2 Å². The second-order valence-electron chi connectivity index (χ2n) is 4.43. The van der Waals surface area contributed by atoms with Crippen LogP contribution in [0.5, 0.6) is 0 Å². The Labute approximate surface area is 176 Å². The minimum Gasteiger partial charge on any atom is -0.550 e. The third-order valence-corrected chi connectivity index (χ3v) is 3.45. The van der Waals surface area contributed by atoms with E-state index in [0.29, 0.717) is 27.0 Å². The largest absolute Gasteiger partial charge is 1.00 e. The number of carbonyl (C=O) groups is 1. The van der Waals surface area contributed by atoms with Crippen molar-refractivity contribution in [3.05, 3.63) is 57.6 Å². The molecule has 3 nitrogen and oxygen atoms in total. The molecule has 0 saturated carbocycles. The Balaban J connectivity index is 0.00000220. The molecule has 0 heterocycles. The smallest absolute Gasteiger partial charge is 0.550 e. The van der Waals surface area contributed by atoms with Gasteiger partial charge in [-0.1, -0.05) is 47.0 Å². The molecular formula is C15H12Cl2KNO2. The Morgan fingerprint density at radius 2 is 1.81 bits per heavy atom. The molecule has 0 spiro atoms. The summed E-state index contributed by atoms with van der Waals surface area (Å²) in [5.41, 5.74) is 2.80. The molecular weight excluding hydrogens is 336 g/mol. The van der Waals surface area contributed by atoms with Crippen LogP contribution in [-0.4, -0.2) is 5.97 Å². The molecule has 2 aromatic rings. The molecule has 0 radical (unpaired) electrons. The summed E-state index contributed by atoms with van der Waals surface area (Å²) in [6, 6.07) is 10.6. The molecule has 0 aliphatic carbocycles. The van der Waals surface area contributed by atoms with Gasteiger partial charge in [0.2, 0.25) is 0 Å². The van der Waals surface area contributed by atoms with Gasteiger partial charge in [-0.05, 0) is 30.7 Å². The van der Waals surface area contributed by atoms with Crippen molar-refractivity contribution in [1.82, 2.24) is 0 Å². The number of nitrogens with one attached hydrogen (secondary N) is 1. The maximum atomic E-state index is 10.8. The maximum Gasteiger partial charge on any atom is 1.00 e. The molecule has 0 amide bonds. The summed E-state index contributed by atoms with van der Waals surface area (Å²) in [5, 5.41) is 14.9. The number of benzene rings is 2. The maximum absolute atomic E-state index is 10.8. The molecule has 0 saturated heterocycles. The molecule has 0 aromatic heterocycles. The normalized spacial score (nSPS) is 9.86. The summed E-state index contributed by atoms with van der Waals surface area (Å²) in [6.45, 7) is 1.89. The average molecular weight is 348 g/mol. The number of hydrogen-bond acceptors (Lipinski definition) is 3. The van der Waals surface area contributed by atoms with Crippen molar-refractivity contribution in [2.75, 3.05) is 5.32 Å². The van der Waals surface area contributed by atoms with E-state index in [2.05, 4.69) is 5.32 Å². The van der Waals surface area contributed by atoms with E-state index >= 15 is 0 Å². The number of carbonyl (C=O) groups excluding carboxylic acids is 1. The van der Waals surface area contributed by atoms with Gasteiger partial charge in [-0.3, -0.25) is 0 Å². The first-order chi connectivity index (χ1) is 9.47. The summed E-state index contributed by atoms with van der Waals surface area (Å²) >= 11 is 12.2. The summed E-state index contributed by atoms with van der Waals surface area (Å²) in [4.78, 5) is 10.8. The number of carboxylic acids is 1. The topological polar surface area (TPSA) is 52.2 Å². The third kappa shape index (κ3) is 5.25. The van der Waals surface area contributed by atoms with Crippen LogP contribution in [0.15, 0.2) is 36.4 Å². The van der Waals surface area contributed by atoms with Crippen LogP contribution in [-0.2, 0) is 11.2 Å². The molecule has 0 aliphatic heterocycles. The Morgan fingerprint density at radius 1 is 1.19 bits per heavy atom. The summed E-state index contributed by atoms with van der Waals surface area (Å²) < 4.78 is 0. The van der Waals surface area contributed by atoms with Gasteiger partial charge in [0.1, 0.15) is 0 Å². The third-order valence-electron chi connectivity index (χ3n) is 2.82. The number of aryl methyl sites for hydroxylation is 1. The minimum absolute atomic E-state index is 0. The monoisotopic (exact) mass is 347 g/mol. The van der Waals surface area contributed by atoms with Gasteiger partial charge in [-0.25, -0.2) is 0 Å². The zero-order chi connectivity index (χ0) is 14.7. The number of rotatable bonds is 4. The van der Waals surface area contributed by atoms with E-state index in [1.54, 1.807) is 30.3 Å². The van der Waals surface area contributed by atoms with Crippen LogP contribution in [0.3, 0.4) is 0 Å². The molecule has 0 fully saturated rings. The molecule has 1 N–H and O–H groups in total. The van der Waals surface area contributed by atoms with E-state index in [0.717, 1.165) is 5.56 Å². The van der Waals surface area contributed by atoms with E-state index in [9.17, 15) is 9.90 Å². The molecule has 0 unspecified atom stereocenters. The second kappa shape index (κ2) is 8.53. The first kappa shape index (κ1) is 19.0. The van der Waals surface area contributed by atoms with Crippen LogP contribution in [0.25, 0.3) is 0 Å². The fourth-order valence-corrected chi connectivity index (χ4v) is 2.39. The van der Waals surface area contributed by atoms with E-state index in [4.69, 9.17) is 23.2 Å². The Bertz CT molecular complexity index is 642. The predicted octanol–water partition coefficient (Wildman–Crippen LogP) is 0.342. The zero-order valence-corrected chi connectivity index (χ0v) is 16.4. The predicted molar refractivity (Wildman–Crippen MR) is 79.6 cm³/mol. The van der Waals surface area contributed by atoms with Gasteiger partial charge in [0.25, 0.3) is 0 Å². The Kier molecular flexibility index (Phi) is 7.71. The summed E-state index contributed by atoms with van der Waals surface area (Å²) in [5.74, 6) is -1.14. The molecule has 0 atom stereocenters. The fourth-order valence-electron chi connectivity index (χ4n) is 1.90. The number of anilines is 2. The fraction of sp³-hybridized carbons (Fsp3) is 0.133. The van der Waals surface area contributed by atoms with Gasteiger partial charge in [0.15, 0.2) is 0 Å². The first-order valence-electron chi connectivity index (χ1n) is 5.98. The molecule has 21 heavy (non-hydrogen) atoms. The number of para-hydroxylation sites is 1. The Morgan fingerprint density at radius 3 is 2.38 bits per heavy atom. The SMILES string of the molecule is Cc1ccc(Nc2c(Cl)cccc2Cl)c(CC(=O)[O-])c1.[K+]. The van der Waals surface area contributed by atoms with Crippen molar-refractivity contribution in [2.24, 2.45) is 0 Å². The van der Waals surface area contributed by atoms with Gasteiger partial charge in [-0.15, -0.1) is 0 Å². The van der Waals surface area contributed by atoms with Gasteiger partial charge in [0.05, 0.1) is 15.7 Å². The van der Waals surface area contributed by atoms with E-state index in [-0.39, 0.29) is 57.8 Å². The molecule has 0 bridgehead atoms. The average Bonchev–Trinajstić information content (AvgIpc) is 2.35. The van der Waals surface area contributed by atoms with Crippen LogP contribution in [0.1, 0.15) is 11.1 Å². The van der Waals surface area contributed by atoms with E-state index in [1.807, 2.05) is 13.0 Å². The second-order valence-corrected chi connectivity index (χ2v) is 5.25. The van der Waals surface area contributed by atoms with Crippen molar-refractivity contribution in [1.29, 1.82) is 0 Å². The van der Waals surface area contributed by atoms with Crippen molar-refractivity contribution in [3.63, 3.8) is 0 Å². The molecule has 6 heteroatoms. The minimum atomic E-state index is -1.14. The molecule has 2 aromatic carbocycles. The summed E-state index contributed by atoms with van der Waals surface area (Å²) in [6.07, 6.45) is -0.175. The van der Waals surface area contributed by atoms with Gasteiger partial charge < -0.3 is 15.2 Å². The quantitative estimate of drug-likeness (QED) is 0.811. The molecule has 2 rings (SSSR count). The van der Waals surface area contributed by atoms with E-state index in [1.165, 1.54) is 0 Å². The van der Waals surface area contributed by atoms with Gasteiger partial charge in [0, 0.05) is 18.1 Å². The summed E-state index contributed by atoms with van der Waals surface area (Å²) in [7, 11) is 0. The molecule has 104 valence electrons. The van der Waals surface area contributed by atoms with Crippen LogP contribution < -0.4 is 61.8 Å². The Hall–Kier alpha value is -0.0736. The van der Waals surface area contributed by atoms with Crippen molar-refractivity contribution in [2.45, 2.75) is 13.3 Å². The first-order valence-corrected chi connectivity index (χ1v) is 6.73. The molecule has 0 aliphatic rings. The van der Waals surface area contributed by atoms with Gasteiger partial charge >= 0.3 is 51.4 Å². The van der Waals surface area contributed by atoms with E-state index < -0.39 is 5.97 Å². The van der Waals surface area contributed by atoms with Gasteiger partial charge in [-0.2, -0.15) is 0 Å². The zero-order valence-electron chi connectivity index (χ0n) is 11.7. The number of aliphatic carboxylic acids is 1. The standard InChI is InChI=1S/C15H13Cl2NO2.K/c1-9-5-6-13(10(7-9)8-14(19)20)18-15-11(16)3-2-4-12(15)17;/h2-7,18H,8H2,1H3,(H,19,20);/q;+1/p-1. The van der Waals surface area contributed by atoms with Crippen LogP contribution in [0, 0.1) is 6.92 Å². The van der Waals surface area contributed by atoms with Crippen molar-refractivity contribution >= 4 is 40.5 Å². The number of hydrogen-bond donors (Lipinski definition) is 1.